The number of ether oxygens (including phenoxy) is 3. The second-order valence-electron chi connectivity index (χ2n) is 18.8. The second-order valence-corrected chi connectivity index (χ2v) is 18.8. The molecule has 0 rings (SSSR count). The molecule has 0 aliphatic carbocycles. The Labute approximate surface area is 420 Å². The molecule has 390 valence electrons. The lowest BCUT2D eigenvalue weighted by molar-refractivity contribution is -0.167. The first-order valence-electron chi connectivity index (χ1n) is 28.6. The predicted octanol–water partition coefficient (Wildman–Crippen LogP) is 19.2. The van der Waals surface area contributed by atoms with Gasteiger partial charge in [-0.25, -0.2) is 0 Å². The summed E-state index contributed by atoms with van der Waals surface area (Å²) >= 11 is 0. The van der Waals surface area contributed by atoms with Crippen LogP contribution >= 0.6 is 0 Å². The number of carbonyl (C=O) groups excluding carboxylic acids is 3. The van der Waals surface area contributed by atoms with Crippen molar-refractivity contribution in [1.82, 2.24) is 0 Å². The summed E-state index contributed by atoms with van der Waals surface area (Å²) < 4.78 is 16.8. The topological polar surface area (TPSA) is 78.9 Å². The van der Waals surface area contributed by atoms with Gasteiger partial charge in [0, 0.05) is 19.3 Å². The predicted molar refractivity (Wildman–Crippen MR) is 293 cm³/mol. The van der Waals surface area contributed by atoms with Crippen molar-refractivity contribution >= 4 is 17.9 Å². The van der Waals surface area contributed by atoms with Crippen LogP contribution in [0.15, 0.2) is 85.1 Å². The molecule has 0 aromatic carbocycles. The van der Waals surface area contributed by atoms with E-state index >= 15 is 0 Å². The van der Waals surface area contributed by atoms with Crippen LogP contribution in [0.25, 0.3) is 0 Å². The van der Waals surface area contributed by atoms with Gasteiger partial charge in [0.15, 0.2) is 6.10 Å². The van der Waals surface area contributed by atoms with Crippen molar-refractivity contribution in [2.45, 2.75) is 277 Å². The van der Waals surface area contributed by atoms with Gasteiger partial charge in [-0.2, -0.15) is 0 Å². The van der Waals surface area contributed by atoms with Crippen LogP contribution in [-0.2, 0) is 28.6 Å². The van der Waals surface area contributed by atoms with Crippen molar-refractivity contribution in [2.75, 3.05) is 13.2 Å². The molecular weight excluding hydrogens is 841 g/mol. The lowest BCUT2D eigenvalue weighted by atomic mass is 10.0. The van der Waals surface area contributed by atoms with Gasteiger partial charge >= 0.3 is 17.9 Å². The lowest BCUT2D eigenvalue weighted by Gasteiger charge is -2.18. The van der Waals surface area contributed by atoms with Gasteiger partial charge in [0.1, 0.15) is 13.2 Å². The molecule has 0 heterocycles. The van der Waals surface area contributed by atoms with E-state index in [0.29, 0.717) is 19.3 Å². The first kappa shape index (κ1) is 64.6. The number of carbonyl (C=O) groups is 3. The van der Waals surface area contributed by atoms with Gasteiger partial charge in [0.05, 0.1) is 0 Å². The molecule has 6 heteroatoms. The molecule has 0 saturated heterocycles. The maximum absolute atomic E-state index is 12.8. The Bertz CT molecular complexity index is 1320. The quantitative estimate of drug-likeness (QED) is 0.0262. The van der Waals surface area contributed by atoms with Crippen molar-refractivity contribution in [1.29, 1.82) is 0 Å². The van der Waals surface area contributed by atoms with E-state index in [4.69, 9.17) is 14.2 Å². The molecule has 0 radical (unpaired) electrons. The van der Waals surface area contributed by atoms with Crippen LogP contribution in [0.1, 0.15) is 271 Å². The minimum Gasteiger partial charge on any atom is -0.462 e. The van der Waals surface area contributed by atoms with E-state index in [2.05, 4.69) is 106 Å². The van der Waals surface area contributed by atoms with Crippen LogP contribution in [0.5, 0.6) is 0 Å². The van der Waals surface area contributed by atoms with Gasteiger partial charge in [-0.3, -0.25) is 14.4 Å². The largest absolute Gasteiger partial charge is 0.462 e. The van der Waals surface area contributed by atoms with E-state index in [1.165, 1.54) is 128 Å². The van der Waals surface area contributed by atoms with E-state index in [1.807, 2.05) is 0 Å². The highest BCUT2D eigenvalue weighted by Crippen LogP contribution is 2.16. The van der Waals surface area contributed by atoms with Gasteiger partial charge in [0.2, 0.25) is 0 Å². The lowest BCUT2D eigenvalue weighted by Crippen LogP contribution is -2.30. The Morgan fingerprint density at radius 1 is 0.309 bits per heavy atom. The average molecular weight is 948 g/mol. The van der Waals surface area contributed by atoms with Crippen LogP contribution in [0.2, 0.25) is 0 Å². The molecule has 0 N–H and O–H groups in total. The SMILES string of the molecule is CC/C=C\C/C=C\C/C=C\CCCCCCC(=O)OCC(COC(=O)CCCCCCCCCCCCCCCCCCCCC)OC(=O)CCC/C=C\C/C=C\C/C=C\C/C=C\CCCCC. The molecule has 0 aliphatic rings. The monoisotopic (exact) mass is 947 g/mol. The number of hydrogen-bond donors (Lipinski definition) is 0. The molecular formula is C62H106O6. The Kier molecular flexibility index (Phi) is 53.4. The van der Waals surface area contributed by atoms with E-state index < -0.39 is 6.10 Å². The van der Waals surface area contributed by atoms with Crippen LogP contribution in [0.4, 0.5) is 0 Å². The highest BCUT2D eigenvalue weighted by molar-refractivity contribution is 5.71. The first-order valence-corrected chi connectivity index (χ1v) is 28.6. The fourth-order valence-electron chi connectivity index (χ4n) is 7.86. The molecule has 68 heavy (non-hydrogen) atoms. The minimum atomic E-state index is -0.813. The number of allylic oxidation sites excluding steroid dienone is 14. The smallest absolute Gasteiger partial charge is 0.306 e. The molecule has 1 atom stereocenters. The first-order chi connectivity index (χ1) is 33.5. The molecule has 0 fully saturated rings. The van der Waals surface area contributed by atoms with Crippen molar-refractivity contribution in [3.8, 4) is 0 Å². The summed E-state index contributed by atoms with van der Waals surface area (Å²) in [5, 5.41) is 0. The molecule has 0 aromatic heterocycles. The Balaban J connectivity index is 4.45. The Hall–Kier alpha value is -3.41. The van der Waals surface area contributed by atoms with Crippen molar-refractivity contribution in [3.63, 3.8) is 0 Å². The fourth-order valence-corrected chi connectivity index (χ4v) is 7.86. The summed E-state index contributed by atoms with van der Waals surface area (Å²) in [5.74, 6) is -0.977. The summed E-state index contributed by atoms with van der Waals surface area (Å²) in [6.07, 6.45) is 73.0. The molecule has 0 aromatic rings. The molecule has 1 unspecified atom stereocenters. The number of esters is 3. The zero-order chi connectivity index (χ0) is 49.3. The third-order valence-corrected chi connectivity index (χ3v) is 12.1. The highest BCUT2D eigenvalue weighted by atomic mass is 16.6. The normalized spacial score (nSPS) is 12.7. The Morgan fingerprint density at radius 2 is 0.588 bits per heavy atom. The van der Waals surface area contributed by atoms with Crippen molar-refractivity contribution in [3.05, 3.63) is 85.1 Å². The average Bonchev–Trinajstić information content (AvgIpc) is 3.34. The summed E-state index contributed by atoms with van der Waals surface area (Å²) in [4.78, 5) is 38.1. The summed E-state index contributed by atoms with van der Waals surface area (Å²) in [5.41, 5.74) is 0. The molecule has 0 bridgehead atoms. The maximum atomic E-state index is 12.8. The van der Waals surface area contributed by atoms with E-state index in [1.54, 1.807) is 0 Å². The summed E-state index contributed by atoms with van der Waals surface area (Å²) in [6, 6.07) is 0. The molecule has 6 nitrogen and oxygen atoms in total. The minimum absolute atomic E-state index is 0.104. The molecule has 0 aliphatic heterocycles. The fraction of sp³-hybridized carbons (Fsp3) is 0.726. The van der Waals surface area contributed by atoms with E-state index in [0.717, 1.165) is 96.3 Å². The van der Waals surface area contributed by atoms with Gasteiger partial charge in [-0.15, -0.1) is 0 Å². The summed E-state index contributed by atoms with van der Waals surface area (Å²) in [6.45, 7) is 6.45. The zero-order valence-corrected chi connectivity index (χ0v) is 44.6. The van der Waals surface area contributed by atoms with Gasteiger partial charge in [0.25, 0.3) is 0 Å². The van der Waals surface area contributed by atoms with Gasteiger partial charge in [-0.05, 0) is 89.9 Å². The highest BCUT2D eigenvalue weighted by Gasteiger charge is 2.19. The second kappa shape index (κ2) is 56.2. The zero-order valence-electron chi connectivity index (χ0n) is 44.6. The standard InChI is InChI=1S/C62H106O6/c1-4-7-10-13-16-19-22-25-28-30-31-33-34-37-40-43-46-49-52-55-61(64)67-58-59(57-66-60(63)54-51-48-45-42-39-36-27-24-21-18-15-12-9-6-3)68-62(65)56-53-50-47-44-41-38-35-32-29-26-23-20-17-14-11-8-5-2/h9,12,17-18,20-21,26-27,29,35-36,38,44,47,59H,4-8,10-11,13-16,19,22-25,28,30-34,37,39-43,45-46,48-58H2,1-3H3/b12-9-,20-17-,21-18-,29-26-,36-27-,38-35-,47-44-. The van der Waals surface area contributed by atoms with Crippen LogP contribution in [0, 0.1) is 0 Å². The van der Waals surface area contributed by atoms with Gasteiger partial charge in [-0.1, -0.05) is 247 Å². The third-order valence-electron chi connectivity index (χ3n) is 12.1. The van der Waals surface area contributed by atoms with Crippen LogP contribution in [-0.4, -0.2) is 37.2 Å². The number of unbranched alkanes of at least 4 members (excludes halogenated alkanes) is 26. The molecule has 0 saturated carbocycles. The van der Waals surface area contributed by atoms with Crippen LogP contribution < -0.4 is 0 Å². The molecule has 0 amide bonds. The number of hydrogen-bond acceptors (Lipinski definition) is 6. The Morgan fingerprint density at radius 3 is 0.971 bits per heavy atom. The summed E-state index contributed by atoms with van der Waals surface area (Å²) in [7, 11) is 0. The van der Waals surface area contributed by atoms with Gasteiger partial charge < -0.3 is 14.2 Å². The van der Waals surface area contributed by atoms with Crippen molar-refractivity contribution in [2.24, 2.45) is 0 Å². The van der Waals surface area contributed by atoms with Crippen LogP contribution in [0.3, 0.4) is 0 Å². The third kappa shape index (κ3) is 53.5. The van der Waals surface area contributed by atoms with E-state index in [9.17, 15) is 14.4 Å². The molecule has 0 spiro atoms. The van der Waals surface area contributed by atoms with E-state index in [-0.39, 0.29) is 37.5 Å². The number of rotatable bonds is 51. The maximum Gasteiger partial charge on any atom is 0.306 e. The van der Waals surface area contributed by atoms with Crippen molar-refractivity contribution < 1.29 is 28.6 Å².